The fourth-order valence-corrected chi connectivity index (χ4v) is 4.52. The molecule has 0 aliphatic carbocycles. The largest absolute Gasteiger partial charge is 0.325 e. The predicted molar refractivity (Wildman–Crippen MR) is 137 cm³/mol. The topological polar surface area (TPSA) is 64.0 Å². The van der Waals surface area contributed by atoms with E-state index in [9.17, 15) is 9.59 Å². The summed E-state index contributed by atoms with van der Waals surface area (Å²) >= 11 is 7.58. The summed E-state index contributed by atoms with van der Waals surface area (Å²) in [7, 11) is 0. The van der Waals surface area contributed by atoms with Crippen LogP contribution in [0.5, 0.6) is 0 Å². The van der Waals surface area contributed by atoms with Gasteiger partial charge in [-0.2, -0.15) is 0 Å². The number of benzene rings is 3. The van der Waals surface area contributed by atoms with Gasteiger partial charge in [0.05, 0.1) is 21.8 Å². The highest BCUT2D eigenvalue weighted by atomic mass is 35.5. The molecule has 4 aromatic rings. The zero-order valence-electron chi connectivity index (χ0n) is 18.6. The average molecular weight is 478 g/mol. The maximum absolute atomic E-state index is 13.4. The Morgan fingerprint density at radius 3 is 2.55 bits per heavy atom. The number of amides is 1. The number of thioether (sulfide) groups is 1. The van der Waals surface area contributed by atoms with E-state index in [0.717, 1.165) is 17.7 Å². The first-order valence-corrected chi connectivity index (χ1v) is 12.0. The van der Waals surface area contributed by atoms with Gasteiger partial charge in [-0.3, -0.25) is 14.2 Å². The normalized spacial score (nSPS) is 12.0. The molecular formula is C26H24ClN3O2S. The first-order chi connectivity index (χ1) is 15.9. The molecular weight excluding hydrogens is 454 g/mol. The summed E-state index contributed by atoms with van der Waals surface area (Å²) in [5.41, 5.74) is 3.85. The van der Waals surface area contributed by atoms with Gasteiger partial charge in [0.15, 0.2) is 5.16 Å². The van der Waals surface area contributed by atoms with Crippen molar-refractivity contribution in [3.63, 3.8) is 0 Å². The quantitative estimate of drug-likeness (QED) is 0.272. The molecule has 1 amide bonds. The van der Waals surface area contributed by atoms with Crippen molar-refractivity contribution in [2.75, 3.05) is 5.32 Å². The summed E-state index contributed by atoms with van der Waals surface area (Å²) in [5.74, 6) is -0.167. The van der Waals surface area contributed by atoms with Crippen LogP contribution in [-0.4, -0.2) is 20.7 Å². The van der Waals surface area contributed by atoms with Crippen LogP contribution in [-0.2, 0) is 11.2 Å². The van der Waals surface area contributed by atoms with Crippen LogP contribution in [0, 0.1) is 6.92 Å². The lowest BCUT2D eigenvalue weighted by molar-refractivity contribution is -0.115. The molecule has 33 heavy (non-hydrogen) atoms. The summed E-state index contributed by atoms with van der Waals surface area (Å²) < 4.78 is 1.53. The Kier molecular flexibility index (Phi) is 6.86. The lowest BCUT2D eigenvalue weighted by atomic mass is 10.1. The fraction of sp³-hybridized carbons (Fsp3) is 0.192. The molecule has 1 aromatic heterocycles. The molecule has 168 valence electrons. The van der Waals surface area contributed by atoms with Gasteiger partial charge in [-0.1, -0.05) is 60.6 Å². The van der Waals surface area contributed by atoms with E-state index in [1.807, 2.05) is 55.5 Å². The van der Waals surface area contributed by atoms with Crippen LogP contribution in [0.3, 0.4) is 0 Å². The van der Waals surface area contributed by atoms with E-state index < -0.39 is 5.25 Å². The lowest BCUT2D eigenvalue weighted by Crippen LogP contribution is -2.26. The Labute approximate surface area is 201 Å². The first kappa shape index (κ1) is 23.1. The lowest BCUT2D eigenvalue weighted by Gasteiger charge is -2.17. The molecule has 7 heteroatoms. The summed E-state index contributed by atoms with van der Waals surface area (Å²) in [6, 6.07) is 20.4. The second kappa shape index (κ2) is 9.81. The molecule has 0 aliphatic heterocycles. The molecule has 1 unspecified atom stereocenters. The maximum Gasteiger partial charge on any atom is 0.266 e. The summed E-state index contributed by atoms with van der Waals surface area (Å²) in [6.45, 7) is 5.79. The summed E-state index contributed by atoms with van der Waals surface area (Å²) in [5, 5.41) is 3.95. The van der Waals surface area contributed by atoms with Crippen LogP contribution < -0.4 is 10.9 Å². The van der Waals surface area contributed by atoms with Crippen LogP contribution in [0.25, 0.3) is 16.6 Å². The third-order valence-electron chi connectivity index (χ3n) is 5.44. The van der Waals surface area contributed by atoms with Crippen LogP contribution >= 0.6 is 23.4 Å². The number of halogens is 1. The first-order valence-electron chi connectivity index (χ1n) is 10.7. The van der Waals surface area contributed by atoms with Gasteiger partial charge < -0.3 is 5.32 Å². The average Bonchev–Trinajstić information content (AvgIpc) is 2.82. The molecule has 1 N–H and O–H groups in total. The molecule has 5 nitrogen and oxygen atoms in total. The fourth-order valence-electron chi connectivity index (χ4n) is 3.42. The van der Waals surface area contributed by atoms with E-state index in [-0.39, 0.29) is 11.5 Å². The zero-order valence-corrected chi connectivity index (χ0v) is 20.2. The van der Waals surface area contributed by atoms with Crippen molar-refractivity contribution in [1.29, 1.82) is 0 Å². The van der Waals surface area contributed by atoms with E-state index in [2.05, 4.69) is 12.2 Å². The minimum absolute atomic E-state index is 0.167. The van der Waals surface area contributed by atoms with Gasteiger partial charge in [0, 0.05) is 10.7 Å². The highest BCUT2D eigenvalue weighted by Crippen LogP contribution is 2.27. The monoisotopic (exact) mass is 477 g/mol. The second-order valence-corrected chi connectivity index (χ2v) is 9.50. The van der Waals surface area contributed by atoms with Crippen molar-refractivity contribution >= 4 is 45.9 Å². The van der Waals surface area contributed by atoms with Gasteiger partial charge in [0.2, 0.25) is 5.91 Å². The number of hydrogen-bond acceptors (Lipinski definition) is 4. The number of carbonyl (C=O) groups excluding carboxylic acids is 1. The van der Waals surface area contributed by atoms with Gasteiger partial charge in [0.1, 0.15) is 0 Å². The molecule has 1 atom stereocenters. The zero-order chi connectivity index (χ0) is 23.5. The van der Waals surface area contributed by atoms with Crippen molar-refractivity contribution in [2.45, 2.75) is 37.6 Å². The van der Waals surface area contributed by atoms with E-state index in [0.29, 0.717) is 26.8 Å². The third kappa shape index (κ3) is 4.97. The molecule has 0 spiro atoms. The Hall–Kier alpha value is -3.09. The van der Waals surface area contributed by atoms with Crippen LogP contribution in [0.15, 0.2) is 76.7 Å². The Balaban J connectivity index is 1.70. The summed E-state index contributed by atoms with van der Waals surface area (Å²) in [4.78, 5) is 31.0. The molecule has 0 fully saturated rings. The number of nitrogens with one attached hydrogen (secondary N) is 1. The Bertz CT molecular complexity index is 1380. The number of aryl methyl sites for hydroxylation is 2. The van der Waals surface area contributed by atoms with Crippen LogP contribution in [0.1, 0.15) is 25.0 Å². The van der Waals surface area contributed by atoms with E-state index >= 15 is 0 Å². The van der Waals surface area contributed by atoms with Gasteiger partial charge >= 0.3 is 0 Å². The number of anilines is 1. The number of aromatic nitrogens is 2. The van der Waals surface area contributed by atoms with Crippen molar-refractivity contribution in [3.05, 3.63) is 93.2 Å². The molecule has 3 aromatic carbocycles. The van der Waals surface area contributed by atoms with Crippen LogP contribution in [0.4, 0.5) is 5.69 Å². The molecule has 4 rings (SSSR count). The molecule has 0 radical (unpaired) electrons. The SMILES string of the molecule is CCc1ccc(NC(=O)C(C)Sc2nc3ccccc3c(=O)n2-c2ccc(C)c(Cl)c2)cc1. The van der Waals surface area contributed by atoms with Crippen molar-refractivity contribution in [1.82, 2.24) is 9.55 Å². The maximum atomic E-state index is 13.4. The minimum atomic E-state index is -0.490. The van der Waals surface area contributed by atoms with Crippen molar-refractivity contribution in [2.24, 2.45) is 0 Å². The highest BCUT2D eigenvalue weighted by Gasteiger charge is 2.21. The molecule has 1 heterocycles. The highest BCUT2D eigenvalue weighted by molar-refractivity contribution is 8.00. The number of carbonyl (C=O) groups is 1. The Morgan fingerprint density at radius 1 is 1.12 bits per heavy atom. The van der Waals surface area contributed by atoms with Crippen molar-refractivity contribution < 1.29 is 4.79 Å². The molecule has 0 saturated carbocycles. The smallest absolute Gasteiger partial charge is 0.266 e. The number of rotatable bonds is 6. The standard InChI is InChI=1S/C26H24ClN3O2S/c1-4-18-10-12-19(13-11-18)28-24(31)17(3)33-26-29-23-8-6-5-7-21(23)25(32)30(26)20-14-9-16(2)22(27)15-20/h5-15,17H,4H2,1-3H3,(H,28,31). The number of hydrogen-bond donors (Lipinski definition) is 1. The number of nitrogens with zero attached hydrogens (tertiary/aromatic N) is 2. The Morgan fingerprint density at radius 2 is 1.85 bits per heavy atom. The molecule has 0 saturated heterocycles. The van der Waals surface area contributed by atoms with Gasteiger partial charge in [-0.25, -0.2) is 4.98 Å². The van der Waals surface area contributed by atoms with Gasteiger partial charge in [0.25, 0.3) is 5.56 Å². The summed E-state index contributed by atoms with van der Waals surface area (Å²) in [6.07, 6.45) is 0.939. The van der Waals surface area contributed by atoms with Crippen molar-refractivity contribution in [3.8, 4) is 5.69 Å². The predicted octanol–water partition coefficient (Wildman–Crippen LogP) is 6.03. The second-order valence-electron chi connectivity index (χ2n) is 7.79. The number of fused-ring (bicyclic) bond motifs is 1. The van der Waals surface area contributed by atoms with Gasteiger partial charge in [-0.15, -0.1) is 0 Å². The minimum Gasteiger partial charge on any atom is -0.325 e. The molecule has 0 aliphatic rings. The van der Waals surface area contributed by atoms with E-state index in [1.165, 1.54) is 21.9 Å². The van der Waals surface area contributed by atoms with Gasteiger partial charge in [-0.05, 0) is 67.8 Å². The van der Waals surface area contributed by atoms with E-state index in [4.69, 9.17) is 16.6 Å². The molecule has 0 bridgehead atoms. The number of para-hydroxylation sites is 1. The third-order valence-corrected chi connectivity index (χ3v) is 6.90. The van der Waals surface area contributed by atoms with Crippen LogP contribution in [0.2, 0.25) is 5.02 Å². The van der Waals surface area contributed by atoms with E-state index in [1.54, 1.807) is 25.1 Å².